The van der Waals surface area contributed by atoms with Gasteiger partial charge in [-0.2, -0.15) is 4.31 Å². The number of rotatable bonds is 5. The van der Waals surface area contributed by atoms with E-state index in [1.807, 2.05) is 51.1 Å². The van der Waals surface area contributed by atoms with Gasteiger partial charge >= 0.3 is 0 Å². The van der Waals surface area contributed by atoms with E-state index in [0.717, 1.165) is 22.1 Å². The second-order valence-electron chi connectivity index (χ2n) is 8.78. The topological polar surface area (TPSA) is 66.5 Å². The zero-order chi connectivity index (χ0) is 22.9. The van der Waals surface area contributed by atoms with Crippen LogP contribution < -0.4 is 5.32 Å². The van der Waals surface area contributed by atoms with E-state index in [1.165, 1.54) is 9.69 Å². The first kappa shape index (κ1) is 22.5. The summed E-state index contributed by atoms with van der Waals surface area (Å²) in [6, 6.07) is 19.7. The van der Waals surface area contributed by atoms with Gasteiger partial charge in [0.05, 0.1) is 10.9 Å². The van der Waals surface area contributed by atoms with Crippen LogP contribution in [0.5, 0.6) is 0 Å². The summed E-state index contributed by atoms with van der Waals surface area (Å²) in [6.45, 7) is 6.48. The maximum atomic E-state index is 13.1. The molecule has 0 radical (unpaired) electrons. The number of benzene rings is 3. The second kappa shape index (κ2) is 9.04. The molecule has 1 N–H and O–H groups in total. The van der Waals surface area contributed by atoms with Crippen molar-refractivity contribution in [3.63, 3.8) is 0 Å². The molecular weight excluding hydrogens is 420 g/mol. The molecule has 1 fully saturated rings. The molecule has 1 heterocycles. The van der Waals surface area contributed by atoms with Gasteiger partial charge in [0.25, 0.3) is 0 Å². The fourth-order valence-corrected chi connectivity index (χ4v) is 6.15. The first-order valence-corrected chi connectivity index (χ1v) is 12.6. The van der Waals surface area contributed by atoms with Crippen molar-refractivity contribution in [1.29, 1.82) is 0 Å². The molecule has 0 bridgehead atoms. The number of sulfonamides is 1. The van der Waals surface area contributed by atoms with Crippen LogP contribution in [0.1, 0.15) is 42.5 Å². The maximum absolute atomic E-state index is 13.1. The minimum Gasteiger partial charge on any atom is -0.349 e. The van der Waals surface area contributed by atoms with Crippen molar-refractivity contribution < 1.29 is 13.2 Å². The summed E-state index contributed by atoms with van der Waals surface area (Å²) in [5, 5.41) is 5.45. The third-order valence-corrected chi connectivity index (χ3v) is 8.46. The van der Waals surface area contributed by atoms with Gasteiger partial charge in [0, 0.05) is 19.0 Å². The summed E-state index contributed by atoms with van der Waals surface area (Å²) in [6.07, 6.45) is 1.06. The van der Waals surface area contributed by atoms with Gasteiger partial charge in [-0.3, -0.25) is 4.79 Å². The van der Waals surface area contributed by atoms with Gasteiger partial charge in [-0.15, -0.1) is 0 Å². The van der Waals surface area contributed by atoms with E-state index < -0.39 is 10.0 Å². The Morgan fingerprint density at radius 1 is 0.969 bits per heavy atom. The Morgan fingerprint density at radius 3 is 2.34 bits per heavy atom. The van der Waals surface area contributed by atoms with E-state index in [4.69, 9.17) is 0 Å². The highest BCUT2D eigenvalue weighted by molar-refractivity contribution is 7.89. The lowest BCUT2D eigenvalue weighted by Gasteiger charge is -2.31. The maximum Gasteiger partial charge on any atom is 0.243 e. The van der Waals surface area contributed by atoms with Gasteiger partial charge in [0.1, 0.15) is 0 Å². The van der Waals surface area contributed by atoms with Gasteiger partial charge in [0.2, 0.25) is 15.9 Å². The fraction of sp³-hybridized carbons (Fsp3) is 0.346. The largest absolute Gasteiger partial charge is 0.349 e. The van der Waals surface area contributed by atoms with E-state index in [-0.39, 0.29) is 17.9 Å². The Labute approximate surface area is 190 Å². The number of nitrogens with one attached hydrogen (secondary N) is 1. The van der Waals surface area contributed by atoms with E-state index in [9.17, 15) is 13.2 Å². The lowest BCUT2D eigenvalue weighted by atomic mass is 9.96. The molecule has 0 aromatic heterocycles. The van der Waals surface area contributed by atoms with Crippen molar-refractivity contribution in [3.05, 3.63) is 77.4 Å². The molecular formula is C26H30N2O3S. The standard InChI is InChI=1S/C26H30N2O3S/c1-18-8-11-25(19(2)16-18)32(30,31)28-14-12-22(13-15-28)26(29)27-20(3)23-10-9-21-6-4-5-7-24(21)17-23/h4-11,16-17,20,22H,12-15H2,1-3H3,(H,27,29). The summed E-state index contributed by atoms with van der Waals surface area (Å²) < 4.78 is 27.7. The van der Waals surface area contributed by atoms with Crippen molar-refractivity contribution in [2.75, 3.05) is 13.1 Å². The van der Waals surface area contributed by atoms with Crippen molar-refractivity contribution in [1.82, 2.24) is 9.62 Å². The smallest absolute Gasteiger partial charge is 0.243 e. The molecule has 0 aliphatic carbocycles. The summed E-state index contributed by atoms with van der Waals surface area (Å²) in [7, 11) is -3.54. The molecule has 1 saturated heterocycles. The number of nitrogens with zero attached hydrogens (tertiary/aromatic N) is 1. The molecule has 5 nitrogen and oxygen atoms in total. The summed E-state index contributed by atoms with van der Waals surface area (Å²) in [5.74, 6) is -0.183. The Kier molecular flexibility index (Phi) is 6.35. The van der Waals surface area contributed by atoms with Crippen LogP contribution in [0.2, 0.25) is 0 Å². The molecule has 1 aliphatic rings. The van der Waals surface area contributed by atoms with Gasteiger partial charge < -0.3 is 5.32 Å². The first-order valence-electron chi connectivity index (χ1n) is 11.1. The SMILES string of the molecule is Cc1ccc(S(=O)(=O)N2CCC(C(=O)NC(C)c3ccc4ccccc4c3)CC2)c(C)c1. The normalized spacial score (nSPS) is 16.7. The van der Waals surface area contributed by atoms with E-state index in [0.29, 0.717) is 30.8 Å². The van der Waals surface area contributed by atoms with Gasteiger partial charge in [0.15, 0.2) is 0 Å². The lowest BCUT2D eigenvalue weighted by Crippen LogP contribution is -2.43. The number of hydrogen-bond donors (Lipinski definition) is 1. The second-order valence-corrected chi connectivity index (χ2v) is 10.7. The van der Waals surface area contributed by atoms with E-state index in [1.54, 1.807) is 6.07 Å². The highest BCUT2D eigenvalue weighted by atomic mass is 32.2. The fourth-order valence-electron chi connectivity index (χ4n) is 4.48. The molecule has 3 aromatic carbocycles. The molecule has 168 valence electrons. The van der Waals surface area contributed by atoms with Crippen molar-refractivity contribution in [3.8, 4) is 0 Å². The minimum absolute atomic E-state index is 0.00535. The van der Waals surface area contributed by atoms with Crippen LogP contribution in [0.15, 0.2) is 65.6 Å². The Morgan fingerprint density at radius 2 is 1.66 bits per heavy atom. The Hall–Kier alpha value is -2.70. The lowest BCUT2D eigenvalue weighted by molar-refractivity contribution is -0.126. The van der Waals surface area contributed by atoms with Crippen LogP contribution in [0.25, 0.3) is 10.8 Å². The Balaban J connectivity index is 1.38. The van der Waals surface area contributed by atoms with Crippen molar-refractivity contribution in [2.24, 2.45) is 5.92 Å². The zero-order valence-corrected chi connectivity index (χ0v) is 19.7. The predicted molar refractivity (Wildman–Crippen MR) is 128 cm³/mol. The molecule has 1 unspecified atom stereocenters. The average Bonchev–Trinajstić information content (AvgIpc) is 2.78. The molecule has 4 rings (SSSR count). The number of hydrogen-bond acceptors (Lipinski definition) is 3. The van der Waals surface area contributed by atoms with Crippen LogP contribution in [0.3, 0.4) is 0 Å². The monoisotopic (exact) mass is 450 g/mol. The molecule has 1 amide bonds. The van der Waals surface area contributed by atoms with E-state index in [2.05, 4.69) is 29.6 Å². The quantitative estimate of drug-likeness (QED) is 0.611. The number of fused-ring (bicyclic) bond motifs is 1. The molecule has 1 aliphatic heterocycles. The third-order valence-electron chi connectivity index (χ3n) is 6.41. The van der Waals surface area contributed by atoms with Crippen molar-refractivity contribution in [2.45, 2.75) is 44.6 Å². The molecule has 0 spiro atoms. The van der Waals surface area contributed by atoms with E-state index >= 15 is 0 Å². The number of amides is 1. The average molecular weight is 451 g/mol. The molecule has 1 atom stereocenters. The number of carbonyl (C=O) groups excluding carboxylic acids is 1. The van der Waals surface area contributed by atoms with Crippen LogP contribution in [0, 0.1) is 19.8 Å². The highest BCUT2D eigenvalue weighted by Gasteiger charge is 2.33. The van der Waals surface area contributed by atoms with Crippen molar-refractivity contribution >= 4 is 26.7 Å². The minimum atomic E-state index is -3.54. The zero-order valence-electron chi connectivity index (χ0n) is 18.8. The number of piperidine rings is 1. The molecule has 32 heavy (non-hydrogen) atoms. The number of carbonyl (C=O) groups is 1. The summed E-state index contributed by atoms with van der Waals surface area (Å²) in [5.41, 5.74) is 2.86. The van der Waals surface area contributed by atoms with Crippen LogP contribution in [-0.4, -0.2) is 31.7 Å². The van der Waals surface area contributed by atoms with Crippen LogP contribution >= 0.6 is 0 Å². The van der Waals surface area contributed by atoms with Crippen LogP contribution in [-0.2, 0) is 14.8 Å². The van der Waals surface area contributed by atoms with Crippen LogP contribution in [0.4, 0.5) is 0 Å². The van der Waals surface area contributed by atoms with Gasteiger partial charge in [-0.1, -0.05) is 54.1 Å². The molecule has 0 saturated carbocycles. The first-order chi connectivity index (χ1) is 15.3. The molecule has 6 heteroatoms. The highest BCUT2D eigenvalue weighted by Crippen LogP contribution is 2.27. The van der Waals surface area contributed by atoms with Gasteiger partial charge in [-0.25, -0.2) is 8.42 Å². The summed E-state index contributed by atoms with van der Waals surface area (Å²) >= 11 is 0. The summed E-state index contributed by atoms with van der Waals surface area (Å²) in [4.78, 5) is 13.2. The molecule has 3 aromatic rings. The van der Waals surface area contributed by atoms with Gasteiger partial charge in [-0.05, 0) is 67.6 Å². The number of aryl methyl sites for hydroxylation is 2. The third kappa shape index (κ3) is 4.57. The predicted octanol–water partition coefficient (Wildman–Crippen LogP) is 4.73. The Bertz CT molecular complexity index is 1240.